The number of nitrogens with zero attached hydrogens (tertiary/aromatic N) is 1. The molecule has 3 aromatic rings. The summed E-state index contributed by atoms with van der Waals surface area (Å²) >= 11 is 0. The van der Waals surface area contributed by atoms with Crippen molar-refractivity contribution in [3.63, 3.8) is 0 Å². The number of amides is 1. The number of aliphatic hydroxyl groups is 1. The summed E-state index contributed by atoms with van der Waals surface area (Å²) in [5, 5.41) is 17.2. The molecule has 2 aromatic carbocycles. The number of fused-ring (bicyclic) bond motifs is 1. The second-order valence-electron chi connectivity index (χ2n) is 7.96. The summed E-state index contributed by atoms with van der Waals surface area (Å²) in [6.45, 7) is 6.49. The Morgan fingerprint density at radius 1 is 1.18 bits per heavy atom. The van der Waals surface area contributed by atoms with E-state index < -0.39 is 5.91 Å². The number of nitrogens with two attached hydrogens (primary N) is 1. The molecule has 0 fully saturated rings. The first-order valence-electron chi connectivity index (χ1n) is 11.7. The van der Waals surface area contributed by atoms with E-state index in [0.29, 0.717) is 41.1 Å². The highest BCUT2D eigenvalue weighted by atomic mass is 16.5. The molecule has 0 aliphatic rings. The molecule has 3 rings (SSSR count). The lowest BCUT2D eigenvalue weighted by atomic mass is 10.0. The van der Waals surface area contributed by atoms with E-state index in [2.05, 4.69) is 22.5 Å². The van der Waals surface area contributed by atoms with E-state index in [4.69, 9.17) is 15.2 Å². The first-order chi connectivity index (χ1) is 16.5. The van der Waals surface area contributed by atoms with Crippen LogP contribution in [0, 0.1) is 0 Å². The average Bonchev–Trinajstić information content (AvgIpc) is 2.85. The van der Waals surface area contributed by atoms with Gasteiger partial charge >= 0.3 is 0 Å². The quantitative estimate of drug-likeness (QED) is 0.282. The fourth-order valence-corrected chi connectivity index (χ4v) is 3.93. The Hall–Kier alpha value is -3.36. The molecule has 1 aromatic heterocycles. The number of aromatic nitrogens is 1. The minimum Gasteiger partial charge on any atom is -0.493 e. The number of hydrogen-bond acceptors (Lipinski definition) is 7. The minimum atomic E-state index is -0.591. The third-order valence-corrected chi connectivity index (χ3v) is 5.66. The van der Waals surface area contributed by atoms with Gasteiger partial charge in [-0.05, 0) is 55.6 Å². The van der Waals surface area contributed by atoms with Gasteiger partial charge in [0.15, 0.2) is 11.5 Å². The molecule has 5 N–H and O–H groups in total. The maximum atomic E-state index is 12.2. The molecule has 0 atom stereocenters. The number of aliphatic hydroxyl groups excluding tert-OH is 1. The highest BCUT2D eigenvalue weighted by Gasteiger charge is 2.18. The van der Waals surface area contributed by atoms with Crippen LogP contribution in [0.2, 0.25) is 0 Å². The van der Waals surface area contributed by atoms with Crippen molar-refractivity contribution < 1.29 is 19.4 Å². The highest BCUT2D eigenvalue weighted by Crippen LogP contribution is 2.38. The average molecular weight is 467 g/mol. The van der Waals surface area contributed by atoms with Crippen LogP contribution in [-0.4, -0.2) is 42.8 Å². The van der Waals surface area contributed by atoms with Crippen molar-refractivity contribution in [1.29, 1.82) is 0 Å². The Balaban J connectivity index is 2.00. The molecule has 0 aliphatic heterocycles. The van der Waals surface area contributed by atoms with E-state index in [0.717, 1.165) is 42.7 Å². The van der Waals surface area contributed by atoms with E-state index in [1.54, 1.807) is 7.11 Å². The van der Waals surface area contributed by atoms with E-state index >= 15 is 0 Å². The molecule has 0 spiro atoms. The van der Waals surface area contributed by atoms with Crippen molar-refractivity contribution in [2.45, 2.75) is 39.7 Å². The van der Waals surface area contributed by atoms with Gasteiger partial charge in [0.25, 0.3) is 5.91 Å². The number of methoxy groups -OCH3 is 1. The van der Waals surface area contributed by atoms with E-state index in [1.165, 1.54) is 6.20 Å². The molecule has 0 aliphatic carbocycles. The minimum absolute atomic E-state index is 0.0685. The van der Waals surface area contributed by atoms with E-state index in [9.17, 15) is 9.90 Å². The predicted octanol–water partition coefficient (Wildman–Crippen LogP) is 3.91. The zero-order valence-corrected chi connectivity index (χ0v) is 20.1. The summed E-state index contributed by atoms with van der Waals surface area (Å²) in [5.41, 5.74) is 9.71. The van der Waals surface area contributed by atoms with Crippen molar-refractivity contribution in [3.8, 4) is 11.5 Å². The molecule has 8 nitrogen and oxygen atoms in total. The van der Waals surface area contributed by atoms with Gasteiger partial charge in [-0.25, -0.2) is 0 Å². The molecule has 0 bridgehead atoms. The normalized spacial score (nSPS) is 10.9. The van der Waals surface area contributed by atoms with E-state index in [1.807, 2.05) is 37.3 Å². The summed E-state index contributed by atoms with van der Waals surface area (Å²) in [5.74, 6) is 0.541. The summed E-state index contributed by atoms with van der Waals surface area (Å²) < 4.78 is 11.6. The molecule has 8 heteroatoms. The first kappa shape index (κ1) is 25.3. The van der Waals surface area contributed by atoms with Crippen LogP contribution in [0.25, 0.3) is 10.9 Å². The highest BCUT2D eigenvalue weighted by molar-refractivity contribution is 6.08. The third-order valence-electron chi connectivity index (χ3n) is 5.66. The Bertz CT molecular complexity index is 1130. The third kappa shape index (κ3) is 5.76. The lowest BCUT2D eigenvalue weighted by Gasteiger charge is -2.19. The van der Waals surface area contributed by atoms with Crippen LogP contribution >= 0.6 is 0 Å². The molecule has 0 radical (unpaired) electrons. The molecule has 0 unspecified atom stereocenters. The summed E-state index contributed by atoms with van der Waals surface area (Å²) in [6.07, 6.45) is 4.14. The van der Waals surface area contributed by atoms with Gasteiger partial charge in [-0.1, -0.05) is 26.0 Å². The van der Waals surface area contributed by atoms with Gasteiger partial charge in [-0.2, -0.15) is 0 Å². The number of benzene rings is 2. The van der Waals surface area contributed by atoms with Crippen molar-refractivity contribution in [2.24, 2.45) is 5.73 Å². The Kier molecular flexibility index (Phi) is 9.07. The molecular weight excluding hydrogens is 432 g/mol. The van der Waals surface area contributed by atoms with E-state index in [-0.39, 0.29) is 12.2 Å². The van der Waals surface area contributed by atoms with Crippen molar-refractivity contribution in [1.82, 2.24) is 10.3 Å². The number of rotatable bonds is 13. The van der Waals surface area contributed by atoms with Gasteiger partial charge in [-0.3, -0.25) is 9.78 Å². The van der Waals surface area contributed by atoms with Crippen LogP contribution in [0.1, 0.15) is 48.2 Å². The molecule has 1 heterocycles. The summed E-state index contributed by atoms with van der Waals surface area (Å²) in [7, 11) is 1.58. The van der Waals surface area contributed by atoms with Crippen LogP contribution in [0.3, 0.4) is 0 Å². The molecule has 0 saturated carbocycles. The molecular formula is C26H34N4O4. The van der Waals surface area contributed by atoms with Gasteiger partial charge in [0.1, 0.15) is 0 Å². The predicted molar refractivity (Wildman–Crippen MR) is 135 cm³/mol. The standard InChI is InChI=1S/C26H34N4O4/c1-4-10-28-11-7-12-34-24-14-22-19(13-23(24)33-3)25(20(15-29-22)26(27)32)30-21-9-6-8-17(16-31)18(21)5-2/h6,8-9,13-15,28,31H,4-5,7,10-12,16H2,1-3H3,(H2,27,32)(H,29,30). The number of ether oxygens (including phenoxy) is 2. The van der Waals surface area contributed by atoms with Crippen LogP contribution in [0.4, 0.5) is 11.4 Å². The Morgan fingerprint density at radius 3 is 2.68 bits per heavy atom. The number of hydrogen-bond donors (Lipinski definition) is 4. The SMILES string of the molecule is CCCNCCCOc1cc2ncc(C(N)=O)c(Nc3cccc(CO)c3CC)c2cc1OC. The topological polar surface area (TPSA) is 119 Å². The van der Waals surface area contributed by atoms with Crippen LogP contribution in [0.5, 0.6) is 11.5 Å². The Labute approximate surface area is 200 Å². The number of carbonyl (C=O) groups excluding carboxylic acids is 1. The lowest BCUT2D eigenvalue weighted by Crippen LogP contribution is -2.18. The lowest BCUT2D eigenvalue weighted by molar-refractivity contribution is 0.100. The van der Waals surface area contributed by atoms with Gasteiger partial charge in [-0.15, -0.1) is 0 Å². The maximum Gasteiger partial charge on any atom is 0.252 e. The monoisotopic (exact) mass is 466 g/mol. The van der Waals surface area contributed by atoms with Gasteiger partial charge in [0.05, 0.1) is 37.1 Å². The zero-order valence-electron chi connectivity index (χ0n) is 20.1. The van der Waals surface area contributed by atoms with Crippen LogP contribution in [-0.2, 0) is 13.0 Å². The second kappa shape index (κ2) is 12.2. The molecule has 0 saturated heterocycles. The number of primary amides is 1. The molecule has 34 heavy (non-hydrogen) atoms. The summed E-state index contributed by atoms with van der Waals surface area (Å²) in [4.78, 5) is 16.7. The number of nitrogens with one attached hydrogen (secondary N) is 2. The number of carbonyl (C=O) groups is 1. The fraction of sp³-hybridized carbons (Fsp3) is 0.385. The fourth-order valence-electron chi connectivity index (χ4n) is 3.93. The molecule has 182 valence electrons. The van der Waals surface area contributed by atoms with Crippen molar-refractivity contribution in [3.05, 3.63) is 53.2 Å². The van der Waals surface area contributed by atoms with Crippen LogP contribution < -0.4 is 25.8 Å². The zero-order chi connectivity index (χ0) is 24.5. The van der Waals surface area contributed by atoms with Crippen molar-refractivity contribution in [2.75, 3.05) is 32.1 Å². The maximum absolute atomic E-state index is 12.2. The van der Waals surface area contributed by atoms with Gasteiger partial charge in [0, 0.05) is 23.3 Å². The van der Waals surface area contributed by atoms with Gasteiger partial charge < -0.3 is 30.9 Å². The number of anilines is 2. The largest absolute Gasteiger partial charge is 0.493 e. The number of pyridine rings is 1. The second-order valence-corrected chi connectivity index (χ2v) is 7.96. The van der Waals surface area contributed by atoms with Crippen molar-refractivity contribution >= 4 is 28.2 Å². The Morgan fingerprint density at radius 2 is 2.00 bits per heavy atom. The smallest absolute Gasteiger partial charge is 0.252 e. The summed E-state index contributed by atoms with van der Waals surface area (Å²) in [6, 6.07) is 9.28. The first-order valence-corrected chi connectivity index (χ1v) is 11.7. The molecule has 1 amide bonds. The van der Waals surface area contributed by atoms with Gasteiger partial charge in [0.2, 0.25) is 0 Å². The van der Waals surface area contributed by atoms with Crippen LogP contribution in [0.15, 0.2) is 36.5 Å².